The molecule has 32 heavy (non-hydrogen) atoms. The topological polar surface area (TPSA) is 108 Å². The Hall–Kier alpha value is -4.01. The lowest BCUT2D eigenvalue weighted by atomic mass is 9.96. The molecule has 0 spiro atoms. The van der Waals surface area contributed by atoms with Gasteiger partial charge in [-0.15, -0.1) is 0 Å². The minimum absolute atomic E-state index is 0.175. The monoisotopic (exact) mass is 434 g/mol. The second-order valence-corrected chi connectivity index (χ2v) is 7.63. The summed E-state index contributed by atoms with van der Waals surface area (Å²) in [6.45, 7) is 3.99. The van der Waals surface area contributed by atoms with Crippen LogP contribution >= 0.6 is 0 Å². The van der Waals surface area contributed by atoms with Crippen LogP contribution in [0.1, 0.15) is 33.7 Å². The Morgan fingerprint density at radius 3 is 2.66 bits per heavy atom. The van der Waals surface area contributed by atoms with Crippen LogP contribution in [-0.4, -0.2) is 34.3 Å². The fourth-order valence-electron chi connectivity index (χ4n) is 4.09. The first kappa shape index (κ1) is 21.2. The van der Waals surface area contributed by atoms with Crippen molar-refractivity contribution in [3.8, 4) is 11.4 Å². The minimum atomic E-state index is -0.563. The Labute approximate surface area is 184 Å². The average Bonchev–Trinajstić information content (AvgIpc) is 2.79. The van der Waals surface area contributed by atoms with Crippen molar-refractivity contribution in [1.29, 1.82) is 0 Å². The van der Waals surface area contributed by atoms with E-state index in [2.05, 4.69) is 5.10 Å². The van der Waals surface area contributed by atoms with E-state index in [1.54, 1.807) is 25.1 Å². The van der Waals surface area contributed by atoms with E-state index in [9.17, 15) is 19.7 Å². The molecule has 1 amide bonds. The SMILES string of the molecule is COc1ccc(C)c2c1N(C(=O)c1nn(-c3ccccc3[N+](=O)[O-])c(C)cc1=O)CCC2. The number of ether oxygens (including phenoxy) is 1. The lowest BCUT2D eigenvalue weighted by molar-refractivity contribution is -0.384. The van der Waals surface area contributed by atoms with Crippen molar-refractivity contribution >= 4 is 17.3 Å². The molecule has 0 N–H and O–H groups in total. The van der Waals surface area contributed by atoms with E-state index in [0.717, 1.165) is 24.0 Å². The van der Waals surface area contributed by atoms with Gasteiger partial charge in [-0.05, 0) is 49.9 Å². The van der Waals surface area contributed by atoms with E-state index in [1.807, 2.05) is 13.0 Å². The second kappa shape index (κ2) is 8.26. The number of anilines is 1. The van der Waals surface area contributed by atoms with Gasteiger partial charge in [0.1, 0.15) is 11.4 Å². The molecule has 9 heteroatoms. The molecule has 0 unspecified atom stereocenters. The van der Waals surface area contributed by atoms with E-state index in [1.165, 1.54) is 34.9 Å². The van der Waals surface area contributed by atoms with Crippen LogP contribution in [0.4, 0.5) is 11.4 Å². The summed E-state index contributed by atoms with van der Waals surface area (Å²) in [7, 11) is 1.54. The van der Waals surface area contributed by atoms with Gasteiger partial charge in [0.15, 0.2) is 5.69 Å². The standard InChI is InChI=1S/C23H22N4O5/c1-14-10-11-20(32-3)22-16(14)7-6-12-25(22)23(29)21-19(28)13-15(2)26(24-21)17-8-4-5-9-18(17)27(30)31/h4-5,8-11,13H,6-7,12H2,1-3H3. The van der Waals surface area contributed by atoms with Crippen LogP contribution in [0.25, 0.3) is 5.69 Å². The van der Waals surface area contributed by atoms with Crippen LogP contribution in [0.3, 0.4) is 0 Å². The van der Waals surface area contributed by atoms with Gasteiger partial charge in [-0.25, -0.2) is 4.68 Å². The molecule has 4 rings (SSSR count). The van der Waals surface area contributed by atoms with Crippen molar-refractivity contribution in [3.63, 3.8) is 0 Å². The number of benzene rings is 2. The number of nitro benzene ring substituents is 1. The van der Waals surface area contributed by atoms with E-state index in [4.69, 9.17) is 4.74 Å². The highest BCUT2D eigenvalue weighted by molar-refractivity contribution is 6.06. The molecule has 1 aliphatic heterocycles. The molecule has 0 saturated heterocycles. The van der Waals surface area contributed by atoms with E-state index in [0.29, 0.717) is 23.7 Å². The Morgan fingerprint density at radius 1 is 1.19 bits per heavy atom. The summed E-state index contributed by atoms with van der Waals surface area (Å²) in [5.41, 5.74) is 2.21. The number of aromatic nitrogens is 2. The summed E-state index contributed by atoms with van der Waals surface area (Å²) in [5.74, 6) is -0.0167. The van der Waals surface area contributed by atoms with Crippen molar-refractivity contribution < 1.29 is 14.5 Å². The van der Waals surface area contributed by atoms with Crippen LogP contribution in [-0.2, 0) is 6.42 Å². The molecule has 2 aromatic carbocycles. The summed E-state index contributed by atoms with van der Waals surface area (Å²) < 4.78 is 6.76. The first-order valence-corrected chi connectivity index (χ1v) is 10.2. The molecule has 3 aromatic rings. The van der Waals surface area contributed by atoms with Gasteiger partial charge < -0.3 is 9.64 Å². The summed E-state index contributed by atoms with van der Waals surface area (Å²) >= 11 is 0. The van der Waals surface area contributed by atoms with Gasteiger partial charge in [0, 0.05) is 24.4 Å². The Balaban J connectivity index is 1.87. The average molecular weight is 434 g/mol. The quantitative estimate of drug-likeness (QED) is 0.460. The van der Waals surface area contributed by atoms with Gasteiger partial charge >= 0.3 is 0 Å². The highest BCUT2D eigenvalue weighted by Crippen LogP contribution is 2.38. The van der Waals surface area contributed by atoms with Crippen molar-refractivity contribution in [1.82, 2.24) is 9.78 Å². The second-order valence-electron chi connectivity index (χ2n) is 7.63. The predicted octanol–water partition coefficient (Wildman–Crippen LogP) is 3.36. The molecular formula is C23H22N4O5. The van der Waals surface area contributed by atoms with Gasteiger partial charge in [0.2, 0.25) is 5.43 Å². The van der Waals surface area contributed by atoms with E-state index >= 15 is 0 Å². The maximum absolute atomic E-state index is 13.5. The highest BCUT2D eigenvalue weighted by atomic mass is 16.6. The maximum atomic E-state index is 13.5. The molecule has 0 radical (unpaired) electrons. The van der Waals surface area contributed by atoms with E-state index < -0.39 is 16.3 Å². The summed E-state index contributed by atoms with van der Waals surface area (Å²) in [5, 5.41) is 15.8. The fraction of sp³-hybridized carbons (Fsp3) is 0.261. The molecule has 1 aliphatic rings. The number of carbonyl (C=O) groups excluding carboxylic acids is 1. The zero-order valence-corrected chi connectivity index (χ0v) is 18.0. The molecule has 0 aliphatic carbocycles. The number of carbonyl (C=O) groups is 1. The molecule has 0 fully saturated rings. The molecule has 9 nitrogen and oxygen atoms in total. The number of para-hydroxylation sites is 2. The Bertz CT molecular complexity index is 1300. The Kier molecular flexibility index (Phi) is 5.48. The predicted molar refractivity (Wildman–Crippen MR) is 119 cm³/mol. The first-order valence-electron chi connectivity index (χ1n) is 10.2. The number of nitrogens with zero attached hydrogens (tertiary/aromatic N) is 4. The first-order chi connectivity index (χ1) is 15.3. The van der Waals surface area contributed by atoms with Crippen molar-refractivity contribution in [2.75, 3.05) is 18.6 Å². The maximum Gasteiger partial charge on any atom is 0.294 e. The lowest BCUT2D eigenvalue weighted by Gasteiger charge is -2.31. The summed E-state index contributed by atoms with van der Waals surface area (Å²) in [6, 6.07) is 11.1. The minimum Gasteiger partial charge on any atom is -0.495 e. The molecule has 0 atom stereocenters. The van der Waals surface area contributed by atoms with Crippen LogP contribution in [0.2, 0.25) is 0 Å². The van der Waals surface area contributed by atoms with E-state index in [-0.39, 0.29) is 17.1 Å². The Morgan fingerprint density at radius 2 is 1.94 bits per heavy atom. The number of amides is 1. The van der Waals surface area contributed by atoms with Gasteiger partial charge in [0.25, 0.3) is 11.6 Å². The normalized spacial score (nSPS) is 12.9. The third-order valence-electron chi connectivity index (χ3n) is 5.64. The molecule has 2 heterocycles. The van der Waals surface area contributed by atoms with Gasteiger partial charge in [-0.2, -0.15) is 5.10 Å². The van der Waals surface area contributed by atoms with Crippen molar-refractivity contribution in [2.24, 2.45) is 0 Å². The van der Waals surface area contributed by atoms with Crippen molar-refractivity contribution in [2.45, 2.75) is 26.7 Å². The number of fused-ring (bicyclic) bond motifs is 1. The van der Waals surface area contributed by atoms with Crippen LogP contribution in [0, 0.1) is 24.0 Å². The largest absolute Gasteiger partial charge is 0.495 e. The van der Waals surface area contributed by atoms with Crippen LogP contribution in [0.5, 0.6) is 5.75 Å². The zero-order valence-electron chi connectivity index (χ0n) is 18.0. The number of methoxy groups -OCH3 is 1. The van der Waals surface area contributed by atoms with Crippen LogP contribution in [0.15, 0.2) is 47.3 Å². The third-order valence-corrected chi connectivity index (χ3v) is 5.64. The number of hydrogen-bond donors (Lipinski definition) is 0. The summed E-state index contributed by atoms with van der Waals surface area (Å²) in [4.78, 5) is 38.8. The zero-order chi connectivity index (χ0) is 23.0. The number of hydrogen-bond acceptors (Lipinski definition) is 6. The number of nitro groups is 1. The molecule has 0 saturated carbocycles. The number of rotatable bonds is 4. The van der Waals surface area contributed by atoms with Crippen molar-refractivity contribution in [3.05, 3.63) is 85.3 Å². The fourth-order valence-corrected chi connectivity index (χ4v) is 4.09. The van der Waals surface area contributed by atoms with Gasteiger partial charge in [0.05, 0.1) is 17.7 Å². The summed E-state index contributed by atoms with van der Waals surface area (Å²) in [6.07, 6.45) is 1.53. The lowest BCUT2D eigenvalue weighted by Crippen LogP contribution is -2.40. The third kappa shape index (κ3) is 3.51. The van der Waals surface area contributed by atoms with Gasteiger partial charge in [-0.1, -0.05) is 18.2 Å². The molecule has 164 valence electrons. The highest BCUT2D eigenvalue weighted by Gasteiger charge is 2.31. The smallest absolute Gasteiger partial charge is 0.294 e. The number of aryl methyl sites for hydroxylation is 2. The van der Waals surface area contributed by atoms with Crippen LogP contribution < -0.4 is 15.1 Å². The van der Waals surface area contributed by atoms with Gasteiger partial charge in [-0.3, -0.25) is 19.7 Å². The molecular weight excluding hydrogens is 412 g/mol. The molecule has 1 aromatic heterocycles. The molecule has 0 bridgehead atoms.